The Morgan fingerprint density at radius 2 is 2.00 bits per heavy atom. The largest absolute Gasteiger partial charge is 0.328 e. The van der Waals surface area contributed by atoms with Crippen molar-refractivity contribution >= 4 is 12.4 Å². The lowest BCUT2D eigenvalue weighted by Crippen LogP contribution is -2.27. The second kappa shape index (κ2) is 7.92. The van der Waals surface area contributed by atoms with E-state index >= 15 is 0 Å². The Balaban J connectivity index is 0.00000169. The highest BCUT2D eigenvalue weighted by Crippen LogP contribution is 2.26. The molecule has 0 heterocycles. The smallest absolute Gasteiger partial charge is 0.0409 e. The zero-order valence-corrected chi connectivity index (χ0v) is 9.25. The molecule has 1 atom stereocenters. The Hall–Kier alpha value is -0.440. The molecule has 0 aromatic rings. The first-order valence-electron chi connectivity index (χ1n) is 5.09. The predicted molar refractivity (Wildman–Crippen MR) is 60.4 cm³/mol. The third-order valence-electron chi connectivity index (χ3n) is 2.74. The molecule has 82 valence electrons. The van der Waals surface area contributed by atoms with Gasteiger partial charge in [0.25, 0.3) is 0 Å². The van der Waals surface area contributed by atoms with E-state index in [1.807, 2.05) is 0 Å². The van der Waals surface area contributed by atoms with E-state index in [0.29, 0.717) is 6.54 Å². The first kappa shape index (κ1) is 13.6. The standard InChI is InChI=1S/C9H18N4.ClH/c10-9(7-12-13-11)6-8-4-2-1-3-5-8;/h8-9H,1-7,10H2;1H/t9-;/m0./s1. The molecule has 0 bridgehead atoms. The van der Waals surface area contributed by atoms with Crippen LogP contribution in [0.2, 0.25) is 0 Å². The SMILES string of the molecule is Cl.[N-]=[N+]=NC[C@@H](N)CC1CCCCC1. The fraction of sp³-hybridized carbons (Fsp3) is 1.00. The summed E-state index contributed by atoms with van der Waals surface area (Å²) in [6.07, 6.45) is 7.72. The minimum Gasteiger partial charge on any atom is -0.328 e. The third kappa shape index (κ3) is 5.32. The van der Waals surface area contributed by atoms with Crippen LogP contribution >= 0.6 is 12.4 Å². The van der Waals surface area contributed by atoms with Crippen LogP contribution in [0.3, 0.4) is 0 Å². The van der Waals surface area contributed by atoms with E-state index in [4.69, 9.17) is 11.3 Å². The van der Waals surface area contributed by atoms with Gasteiger partial charge < -0.3 is 5.73 Å². The number of nitrogens with two attached hydrogens (primary N) is 1. The summed E-state index contributed by atoms with van der Waals surface area (Å²) in [4.78, 5) is 2.71. The van der Waals surface area contributed by atoms with Gasteiger partial charge in [0.2, 0.25) is 0 Å². The molecule has 0 spiro atoms. The molecule has 1 aliphatic rings. The van der Waals surface area contributed by atoms with Gasteiger partial charge in [-0.3, -0.25) is 0 Å². The van der Waals surface area contributed by atoms with Crippen molar-refractivity contribution in [2.24, 2.45) is 16.8 Å². The van der Waals surface area contributed by atoms with Gasteiger partial charge in [-0.05, 0) is 17.9 Å². The van der Waals surface area contributed by atoms with E-state index in [0.717, 1.165) is 12.3 Å². The fourth-order valence-corrected chi connectivity index (χ4v) is 2.07. The lowest BCUT2D eigenvalue weighted by molar-refractivity contribution is 0.319. The summed E-state index contributed by atoms with van der Waals surface area (Å²) >= 11 is 0. The predicted octanol–water partition coefficient (Wildman–Crippen LogP) is 3.02. The maximum Gasteiger partial charge on any atom is 0.0409 e. The average Bonchev–Trinajstić information content (AvgIpc) is 2.16. The van der Waals surface area contributed by atoms with Crippen molar-refractivity contribution in [3.05, 3.63) is 10.4 Å². The summed E-state index contributed by atoms with van der Waals surface area (Å²) in [6, 6.07) is 0.0685. The van der Waals surface area contributed by atoms with Crippen LogP contribution in [0, 0.1) is 5.92 Å². The first-order valence-corrected chi connectivity index (χ1v) is 5.09. The second-order valence-electron chi connectivity index (χ2n) is 3.91. The van der Waals surface area contributed by atoms with E-state index in [-0.39, 0.29) is 18.4 Å². The molecule has 0 aliphatic heterocycles. The monoisotopic (exact) mass is 218 g/mol. The van der Waals surface area contributed by atoms with Gasteiger partial charge in [0.05, 0.1) is 0 Å². The lowest BCUT2D eigenvalue weighted by atomic mass is 9.85. The minimum absolute atomic E-state index is 0. The Morgan fingerprint density at radius 3 is 2.57 bits per heavy atom. The molecule has 0 saturated heterocycles. The van der Waals surface area contributed by atoms with Gasteiger partial charge in [0.15, 0.2) is 0 Å². The van der Waals surface area contributed by atoms with Crippen LogP contribution in [0.1, 0.15) is 38.5 Å². The molecule has 0 unspecified atom stereocenters. The zero-order valence-electron chi connectivity index (χ0n) is 8.43. The number of nitrogens with zero attached hydrogens (tertiary/aromatic N) is 3. The van der Waals surface area contributed by atoms with Gasteiger partial charge in [-0.2, -0.15) is 0 Å². The summed E-state index contributed by atoms with van der Waals surface area (Å²) in [5, 5.41) is 3.49. The molecule has 0 radical (unpaired) electrons. The molecular formula is C9H19ClN4. The molecule has 0 amide bonds. The molecule has 1 aliphatic carbocycles. The van der Waals surface area contributed by atoms with Crippen LogP contribution in [-0.4, -0.2) is 12.6 Å². The quantitative estimate of drug-likeness (QED) is 0.440. The zero-order chi connectivity index (χ0) is 9.52. The van der Waals surface area contributed by atoms with Gasteiger partial charge in [-0.1, -0.05) is 37.2 Å². The van der Waals surface area contributed by atoms with Crippen molar-refractivity contribution in [1.29, 1.82) is 0 Å². The highest BCUT2D eigenvalue weighted by molar-refractivity contribution is 5.85. The van der Waals surface area contributed by atoms with Crippen molar-refractivity contribution in [3.8, 4) is 0 Å². The van der Waals surface area contributed by atoms with E-state index < -0.39 is 0 Å². The van der Waals surface area contributed by atoms with Crippen LogP contribution in [0.4, 0.5) is 0 Å². The van der Waals surface area contributed by atoms with E-state index in [1.54, 1.807) is 0 Å². The van der Waals surface area contributed by atoms with Crippen LogP contribution in [-0.2, 0) is 0 Å². The maximum absolute atomic E-state index is 8.12. The highest BCUT2D eigenvalue weighted by Gasteiger charge is 2.15. The molecule has 4 nitrogen and oxygen atoms in total. The Labute approximate surface area is 91.3 Å². The average molecular weight is 219 g/mol. The van der Waals surface area contributed by atoms with Crippen LogP contribution < -0.4 is 5.73 Å². The number of hydrogen-bond acceptors (Lipinski definition) is 2. The normalized spacial score (nSPS) is 19.2. The molecule has 0 aromatic heterocycles. The lowest BCUT2D eigenvalue weighted by Gasteiger charge is -2.23. The third-order valence-corrected chi connectivity index (χ3v) is 2.74. The number of rotatable bonds is 4. The molecule has 1 saturated carbocycles. The maximum atomic E-state index is 8.12. The molecule has 2 N–H and O–H groups in total. The molecule has 0 aromatic carbocycles. The van der Waals surface area contributed by atoms with Crippen molar-refractivity contribution in [1.82, 2.24) is 0 Å². The topological polar surface area (TPSA) is 74.8 Å². The summed E-state index contributed by atoms with van der Waals surface area (Å²) in [5.41, 5.74) is 13.9. The Morgan fingerprint density at radius 1 is 1.36 bits per heavy atom. The minimum atomic E-state index is 0. The van der Waals surface area contributed by atoms with Crippen LogP contribution in [0.15, 0.2) is 5.11 Å². The first-order chi connectivity index (χ1) is 6.33. The van der Waals surface area contributed by atoms with Crippen LogP contribution in [0.25, 0.3) is 10.4 Å². The van der Waals surface area contributed by atoms with E-state index in [2.05, 4.69) is 10.0 Å². The summed E-state index contributed by atoms with van der Waals surface area (Å²) in [7, 11) is 0. The summed E-state index contributed by atoms with van der Waals surface area (Å²) < 4.78 is 0. The number of halogens is 1. The van der Waals surface area contributed by atoms with Crippen molar-refractivity contribution in [3.63, 3.8) is 0 Å². The molecule has 14 heavy (non-hydrogen) atoms. The van der Waals surface area contributed by atoms with Gasteiger partial charge in [-0.15, -0.1) is 12.4 Å². The van der Waals surface area contributed by atoms with Crippen molar-refractivity contribution in [2.75, 3.05) is 6.54 Å². The van der Waals surface area contributed by atoms with Gasteiger partial charge >= 0.3 is 0 Å². The fourth-order valence-electron chi connectivity index (χ4n) is 2.07. The van der Waals surface area contributed by atoms with E-state index in [1.165, 1.54) is 32.1 Å². The van der Waals surface area contributed by atoms with E-state index in [9.17, 15) is 0 Å². The molecule has 5 heteroatoms. The Bertz CT molecular complexity index is 185. The Kier molecular flexibility index (Phi) is 7.67. The van der Waals surface area contributed by atoms with Crippen molar-refractivity contribution < 1.29 is 0 Å². The van der Waals surface area contributed by atoms with Gasteiger partial charge in [-0.25, -0.2) is 0 Å². The second-order valence-corrected chi connectivity index (χ2v) is 3.91. The van der Waals surface area contributed by atoms with Gasteiger partial charge in [0, 0.05) is 17.5 Å². The molecule has 1 rings (SSSR count). The van der Waals surface area contributed by atoms with Gasteiger partial charge in [0.1, 0.15) is 0 Å². The summed E-state index contributed by atoms with van der Waals surface area (Å²) in [5.74, 6) is 0.776. The van der Waals surface area contributed by atoms with Crippen molar-refractivity contribution in [2.45, 2.75) is 44.6 Å². The number of hydrogen-bond donors (Lipinski definition) is 1. The number of azide groups is 1. The van der Waals surface area contributed by atoms with Crippen LogP contribution in [0.5, 0.6) is 0 Å². The molecular weight excluding hydrogens is 200 g/mol. The highest BCUT2D eigenvalue weighted by atomic mass is 35.5. The summed E-state index contributed by atoms with van der Waals surface area (Å²) in [6.45, 7) is 0.451. The molecule has 1 fully saturated rings.